The van der Waals surface area contributed by atoms with Gasteiger partial charge in [-0.1, -0.05) is 35.4 Å². The van der Waals surface area contributed by atoms with E-state index in [1.165, 1.54) is 25.1 Å². The van der Waals surface area contributed by atoms with Gasteiger partial charge in [0, 0.05) is 11.3 Å². The summed E-state index contributed by atoms with van der Waals surface area (Å²) >= 11 is 6.02. The molecule has 0 aliphatic rings. The van der Waals surface area contributed by atoms with E-state index in [9.17, 15) is 26.3 Å². The van der Waals surface area contributed by atoms with Crippen molar-refractivity contribution in [3.8, 4) is 17.0 Å². The summed E-state index contributed by atoms with van der Waals surface area (Å²) in [7, 11) is 0. The van der Waals surface area contributed by atoms with Crippen LogP contribution in [0.25, 0.3) is 11.1 Å². The van der Waals surface area contributed by atoms with Crippen LogP contribution < -0.4 is 4.74 Å². The van der Waals surface area contributed by atoms with Crippen LogP contribution in [0.2, 0.25) is 5.02 Å². The maximum atomic E-state index is 14.1. The number of ether oxygens (including phenoxy) is 1. The van der Waals surface area contributed by atoms with Gasteiger partial charge >= 0.3 is 12.4 Å². The Hall–Kier alpha value is -2.74. The van der Waals surface area contributed by atoms with Crippen molar-refractivity contribution in [2.45, 2.75) is 39.7 Å². The smallest absolute Gasteiger partial charge is 0.417 e. The fourth-order valence-corrected chi connectivity index (χ4v) is 3.53. The molecule has 1 heterocycles. The summed E-state index contributed by atoms with van der Waals surface area (Å²) in [4.78, 5) is 4.07. The molecule has 0 saturated carbocycles. The zero-order chi connectivity index (χ0) is 23.8. The number of hydrogen-bond acceptors (Lipinski definition) is 2. The largest absolute Gasteiger partial charge is 0.472 e. The molecule has 0 spiro atoms. The molecule has 0 saturated heterocycles. The molecule has 0 amide bonds. The number of alkyl halides is 6. The predicted octanol–water partition coefficient (Wildman–Crippen LogP) is 7.94. The summed E-state index contributed by atoms with van der Waals surface area (Å²) in [5.41, 5.74) is -1.54. The molecule has 170 valence electrons. The Morgan fingerprint density at radius 3 is 2.16 bits per heavy atom. The maximum absolute atomic E-state index is 14.1. The zero-order valence-corrected chi connectivity index (χ0v) is 18.0. The second-order valence-corrected chi connectivity index (χ2v) is 7.81. The molecular formula is C23H18ClF6NO. The first-order valence-electron chi connectivity index (χ1n) is 9.42. The Bertz CT molecular complexity index is 1150. The lowest BCUT2D eigenvalue weighted by Gasteiger charge is -2.21. The summed E-state index contributed by atoms with van der Waals surface area (Å²) in [5, 5.41) is 0.130. The van der Waals surface area contributed by atoms with E-state index in [1.807, 2.05) is 0 Å². The van der Waals surface area contributed by atoms with E-state index in [2.05, 4.69) is 4.98 Å². The van der Waals surface area contributed by atoms with Crippen LogP contribution in [0, 0.1) is 20.8 Å². The van der Waals surface area contributed by atoms with Crippen LogP contribution in [0.3, 0.4) is 0 Å². The standard InChI is InChI=1S/C23H18ClF6NO/c1-12-8-15(11-32-21-19(24)7-5-14(3)31-21)20(23(28,29)30)18(9-12)17-10-16(22(25,26)27)6-4-13(17)2/h4-10H,11H2,1-3H3. The van der Waals surface area contributed by atoms with Gasteiger partial charge in [0.05, 0.1) is 11.1 Å². The molecule has 9 heteroatoms. The van der Waals surface area contributed by atoms with Crippen LogP contribution in [0.4, 0.5) is 26.3 Å². The van der Waals surface area contributed by atoms with Gasteiger partial charge in [0.2, 0.25) is 5.88 Å². The second kappa shape index (κ2) is 8.65. The van der Waals surface area contributed by atoms with Crippen molar-refractivity contribution in [1.29, 1.82) is 0 Å². The molecule has 2 aromatic carbocycles. The summed E-state index contributed by atoms with van der Waals surface area (Å²) in [6.07, 6.45) is -9.53. The molecule has 0 unspecified atom stereocenters. The number of nitrogens with zero attached hydrogens (tertiary/aromatic N) is 1. The molecule has 1 aromatic heterocycles. The highest BCUT2D eigenvalue weighted by atomic mass is 35.5. The number of aromatic nitrogens is 1. The van der Waals surface area contributed by atoms with Gasteiger partial charge in [-0.25, -0.2) is 4.98 Å². The third kappa shape index (κ3) is 5.18. The van der Waals surface area contributed by atoms with Gasteiger partial charge in [-0.15, -0.1) is 0 Å². The van der Waals surface area contributed by atoms with Crippen LogP contribution in [0.5, 0.6) is 5.88 Å². The highest BCUT2D eigenvalue weighted by Gasteiger charge is 2.38. The molecule has 3 rings (SSSR count). The Balaban J connectivity index is 2.17. The SMILES string of the molecule is Cc1cc(COc2nc(C)ccc2Cl)c(C(F)(F)F)c(-c2cc(C(F)(F)F)ccc2C)c1. The van der Waals surface area contributed by atoms with E-state index in [0.29, 0.717) is 11.3 Å². The van der Waals surface area contributed by atoms with Gasteiger partial charge in [0.15, 0.2) is 0 Å². The molecule has 2 nitrogen and oxygen atoms in total. The van der Waals surface area contributed by atoms with E-state index in [-0.39, 0.29) is 33.2 Å². The Labute approximate surface area is 185 Å². The number of aryl methyl sites for hydroxylation is 3. The quantitative estimate of drug-likeness (QED) is 0.359. The molecule has 0 atom stereocenters. The highest BCUT2D eigenvalue weighted by molar-refractivity contribution is 6.31. The first-order chi connectivity index (χ1) is 14.8. The average Bonchev–Trinajstić information content (AvgIpc) is 2.66. The van der Waals surface area contributed by atoms with Crippen LogP contribution in [-0.4, -0.2) is 4.98 Å². The monoisotopic (exact) mass is 473 g/mol. The van der Waals surface area contributed by atoms with Gasteiger partial charge in [0.25, 0.3) is 0 Å². The Morgan fingerprint density at radius 2 is 1.53 bits per heavy atom. The van der Waals surface area contributed by atoms with Crippen molar-refractivity contribution in [1.82, 2.24) is 4.98 Å². The van der Waals surface area contributed by atoms with Crippen LogP contribution in [0.1, 0.15) is 33.5 Å². The number of benzene rings is 2. The van der Waals surface area contributed by atoms with Crippen LogP contribution >= 0.6 is 11.6 Å². The normalized spacial score (nSPS) is 12.2. The molecular weight excluding hydrogens is 456 g/mol. The third-order valence-corrected chi connectivity index (χ3v) is 5.11. The topological polar surface area (TPSA) is 22.1 Å². The zero-order valence-electron chi connectivity index (χ0n) is 17.2. The lowest BCUT2D eigenvalue weighted by atomic mass is 9.89. The van der Waals surface area contributed by atoms with Crippen molar-refractivity contribution >= 4 is 11.6 Å². The van der Waals surface area contributed by atoms with Crippen molar-refractivity contribution in [2.75, 3.05) is 0 Å². The summed E-state index contributed by atoms with van der Waals surface area (Å²) in [6.45, 7) is 4.18. The van der Waals surface area contributed by atoms with Crippen molar-refractivity contribution in [2.24, 2.45) is 0 Å². The minimum atomic E-state index is -4.84. The molecule has 0 aliphatic heterocycles. The van der Waals surface area contributed by atoms with Crippen LogP contribution in [0.15, 0.2) is 42.5 Å². The predicted molar refractivity (Wildman–Crippen MR) is 110 cm³/mol. The van der Waals surface area contributed by atoms with E-state index in [0.717, 1.165) is 18.2 Å². The van der Waals surface area contributed by atoms with Gasteiger partial charge < -0.3 is 4.74 Å². The molecule has 0 bridgehead atoms. The number of hydrogen-bond donors (Lipinski definition) is 0. The van der Waals surface area contributed by atoms with E-state index >= 15 is 0 Å². The highest BCUT2D eigenvalue weighted by Crippen LogP contribution is 2.43. The Morgan fingerprint density at radius 1 is 0.844 bits per heavy atom. The first kappa shape index (κ1) is 23.9. The summed E-state index contributed by atoms with van der Waals surface area (Å²) in [6, 6.07) is 8.40. The molecule has 0 N–H and O–H groups in total. The molecule has 0 aliphatic carbocycles. The van der Waals surface area contributed by atoms with Gasteiger partial charge in [-0.2, -0.15) is 26.3 Å². The average molecular weight is 474 g/mol. The third-order valence-electron chi connectivity index (χ3n) is 4.82. The van der Waals surface area contributed by atoms with Crippen LogP contribution in [-0.2, 0) is 19.0 Å². The summed E-state index contributed by atoms with van der Waals surface area (Å²) < 4.78 is 87.6. The first-order valence-corrected chi connectivity index (χ1v) is 9.80. The lowest BCUT2D eigenvalue weighted by molar-refractivity contribution is -0.138. The lowest BCUT2D eigenvalue weighted by Crippen LogP contribution is -2.14. The van der Waals surface area contributed by atoms with Gasteiger partial charge in [0.1, 0.15) is 11.6 Å². The number of halogens is 7. The minimum Gasteiger partial charge on any atom is -0.472 e. The fraction of sp³-hybridized carbons (Fsp3) is 0.261. The fourth-order valence-electron chi connectivity index (χ4n) is 3.37. The summed E-state index contributed by atoms with van der Waals surface area (Å²) in [5.74, 6) is -0.0295. The van der Waals surface area contributed by atoms with E-state index in [4.69, 9.17) is 16.3 Å². The molecule has 0 radical (unpaired) electrons. The maximum Gasteiger partial charge on any atom is 0.417 e. The van der Waals surface area contributed by atoms with Crippen molar-refractivity contribution in [3.05, 3.63) is 81.0 Å². The van der Waals surface area contributed by atoms with Gasteiger partial charge in [-0.3, -0.25) is 0 Å². The van der Waals surface area contributed by atoms with Gasteiger partial charge in [-0.05, 0) is 61.7 Å². The Kier molecular flexibility index (Phi) is 6.47. The molecule has 0 fully saturated rings. The number of rotatable bonds is 4. The molecule has 32 heavy (non-hydrogen) atoms. The van der Waals surface area contributed by atoms with Crippen molar-refractivity contribution < 1.29 is 31.1 Å². The van der Waals surface area contributed by atoms with E-state index in [1.54, 1.807) is 19.9 Å². The number of pyridine rings is 1. The van der Waals surface area contributed by atoms with E-state index < -0.39 is 30.1 Å². The van der Waals surface area contributed by atoms with Crippen molar-refractivity contribution in [3.63, 3.8) is 0 Å². The molecule has 3 aromatic rings. The second-order valence-electron chi connectivity index (χ2n) is 7.40. The minimum absolute atomic E-state index is 0.0295.